The lowest BCUT2D eigenvalue weighted by atomic mass is 10.1. The second-order valence-corrected chi connectivity index (χ2v) is 5.27. The SMILES string of the molecule is C[C@@H]1C[C@H](Oc2ccc3ccccc3c2)CN1C(=O)O. The molecule has 1 aliphatic heterocycles. The lowest BCUT2D eigenvalue weighted by molar-refractivity contribution is 0.137. The van der Waals surface area contributed by atoms with Crippen LogP contribution in [0.25, 0.3) is 10.8 Å². The van der Waals surface area contributed by atoms with E-state index in [0.29, 0.717) is 6.54 Å². The van der Waals surface area contributed by atoms with Gasteiger partial charge in [0.1, 0.15) is 11.9 Å². The van der Waals surface area contributed by atoms with E-state index in [9.17, 15) is 4.79 Å². The van der Waals surface area contributed by atoms with Crippen molar-refractivity contribution in [3.8, 4) is 5.75 Å². The molecule has 4 heteroatoms. The average molecular weight is 271 g/mol. The van der Waals surface area contributed by atoms with E-state index in [0.717, 1.165) is 17.6 Å². The maximum absolute atomic E-state index is 11.1. The highest BCUT2D eigenvalue weighted by atomic mass is 16.5. The molecule has 1 heterocycles. The number of amides is 1. The zero-order chi connectivity index (χ0) is 14.1. The van der Waals surface area contributed by atoms with E-state index in [1.807, 2.05) is 43.3 Å². The Morgan fingerprint density at radius 2 is 2.00 bits per heavy atom. The fraction of sp³-hybridized carbons (Fsp3) is 0.312. The lowest BCUT2D eigenvalue weighted by Gasteiger charge is -2.16. The van der Waals surface area contributed by atoms with Crippen LogP contribution in [-0.2, 0) is 0 Å². The summed E-state index contributed by atoms with van der Waals surface area (Å²) in [6.07, 6.45) is -0.205. The maximum Gasteiger partial charge on any atom is 0.407 e. The summed E-state index contributed by atoms with van der Waals surface area (Å²) in [7, 11) is 0. The molecular weight excluding hydrogens is 254 g/mol. The number of rotatable bonds is 2. The number of nitrogens with zero attached hydrogens (tertiary/aromatic N) is 1. The second kappa shape index (κ2) is 5.04. The largest absolute Gasteiger partial charge is 0.488 e. The third-order valence-electron chi connectivity index (χ3n) is 3.81. The van der Waals surface area contributed by atoms with E-state index < -0.39 is 6.09 Å². The van der Waals surface area contributed by atoms with Gasteiger partial charge in [-0.25, -0.2) is 4.79 Å². The highest BCUT2D eigenvalue weighted by Crippen LogP contribution is 2.25. The fourth-order valence-corrected chi connectivity index (χ4v) is 2.77. The molecule has 4 nitrogen and oxygen atoms in total. The number of hydrogen-bond acceptors (Lipinski definition) is 2. The molecule has 1 N–H and O–H groups in total. The summed E-state index contributed by atoms with van der Waals surface area (Å²) in [6.45, 7) is 2.35. The van der Waals surface area contributed by atoms with Crippen LogP contribution in [0.3, 0.4) is 0 Å². The van der Waals surface area contributed by atoms with Gasteiger partial charge in [0.05, 0.1) is 6.54 Å². The number of carboxylic acid groups (broad SMARTS) is 1. The first kappa shape index (κ1) is 12.8. The number of fused-ring (bicyclic) bond motifs is 1. The van der Waals surface area contributed by atoms with Crippen molar-refractivity contribution in [2.45, 2.75) is 25.5 Å². The van der Waals surface area contributed by atoms with Gasteiger partial charge in [0.25, 0.3) is 0 Å². The predicted octanol–water partition coefficient (Wildman–Crippen LogP) is 3.36. The normalized spacial score (nSPS) is 22.1. The highest BCUT2D eigenvalue weighted by molar-refractivity contribution is 5.83. The number of likely N-dealkylation sites (tertiary alicyclic amines) is 1. The van der Waals surface area contributed by atoms with Crippen LogP contribution in [0.2, 0.25) is 0 Å². The van der Waals surface area contributed by atoms with Crippen molar-refractivity contribution in [1.29, 1.82) is 0 Å². The Labute approximate surface area is 117 Å². The van der Waals surface area contributed by atoms with E-state index in [1.165, 1.54) is 10.3 Å². The smallest absolute Gasteiger partial charge is 0.407 e. The topological polar surface area (TPSA) is 49.8 Å². The molecule has 0 spiro atoms. The van der Waals surface area contributed by atoms with E-state index in [4.69, 9.17) is 9.84 Å². The monoisotopic (exact) mass is 271 g/mol. The van der Waals surface area contributed by atoms with Gasteiger partial charge >= 0.3 is 6.09 Å². The second-order valence-electron chi connectivity index (χ2n) is 5.27. The summed E-state index contributed by atoms with van der Waals surface area (Å²) in [5, 5.41) is 11.4. The molecule has 20 heavy (non-hydrogen) atoms. The van der Waals surface area contributed by atoms with Crippen molar-refractivity contribution in [3.05, 3.63) is 42.5 Å². The van der Waals surface area contributed by atoms with Crippen LogP contribution < -0.4 is 4.74 Å². The molecule has 0 aliphatic carbocycles. The van der Waals surface area contributed by atoms with Crippen LogP contribution in [0.4, 0.5) is 4.79 Å². The average Bonchev–Trinajstić information content (AvgIpc) is 2.79. The molecule has 0 saturated carbocycles. The van der Waals surface area contributed by atoms with Crippen LogP contribution >= 0.6 is 0 Å². The van der Waals surface area contributed by atoms with Crippen LogP contribution in [-0.4, -0.2) is 34.8 Å². The summed E-state index contributed by atoms with van der Waals surface area (Å²) in [6, 6.07) is 14.1. The van der Waals surface area contributed by atoms with Gasteiger partial charge in [0, 0.05) is 12.5 Å². The third kappa shape index (κ3) is 2.41. The molecule has 2 aromatic rings. The van der Waals surface area contributed by atoms with Crippen LogP contribution in [0.15, 0.2) is 42.5 Å². The Bertz CT molecular complexity index is 640. The van der Waals surface area contributed by atoms with Gasteiger partial charge in [-0.05, 0) is 29.8 Å². The fourth-order valence-electron chi connectivity index (χ4n) is 2.77. The molecular formula is C16H17NO3. The minimum absolute atomic E-state index is 0.0120. The molecule has 3 rings (SSSR count). The number of hydrogen-bond donors (Lipinski definition) is 1. The van der Waals surface area contributed by atoms with Crippen molar-refractivity contribution in [3.63, 3.8) is 0 Å². The zero-order valence-corrected chi connectivity index (χ0v) is 11.3. The predicted molar refractivity (Wildman–Crippen MR) is 77.2 cm³/mol. The molecule has 2 aromatic carbocycles. The quantitative estimate of drug-likeness (QED) is 0.911. The standard InChI is InChI=1S/C16H17NO3/c1-11-8-15(10-17(11)16(18)19)20-14-7-6-12-4-2-3-5-13(12)9-14/h2-7,9,11,15H,8,10H2,1H3,(H,18,19)/t11-,15+/m1/s1. The van der Waals surface area contributed by atoms with Gasteiger partial charge in [0.15, 0.2) is 0 Å². The number of benzene rings is 2. The van der Waals surface area contributed by atoms with Crippen LogP contribution in [0, 0.1) is 0 Å². The molecule has 0 unspecified atom stereocenters. The summed E-state index contributed by atoms with van der Waals surface area (Å²) < 4.78 is 5.93. The minimum atomic E-state index is -0.873. The molecule has 104 valence electrons. The van der Waals surface area contributed by atoms with Crippen molar-refractivity contribution in [1.82, 2.24) is 4.90 Å². The zero-order valence-electron chi connectivity index (χ0n) is 11.3. The number of carbonyl (C=O) groups is 1. The molecule has 1 saturated heterocycles. The van der Waals surface area contributed by atoms with Gasteiger partial charge in [-0.1, -0.05) is 30.3 Å². The van der Waals surface area contributed by atoms with Crippen molar-refractivity contribution < 1.29 is 14.6 Å². The maximum atomic E-state index is 11.1. The minimum Gasteiger partial charge on any atom is -0.488 e. The summed E-state index contributed by atoms with van der Waals surface area (Å²) in [5.74, 6) is 0.799. The Morgan fingerprint density at radius 1 is 1.25 bits per heavy atom. The summed E-state index contributed by atoms with van der Waals surface area (Å²) in [5.41, 5.74) is 0. The van der Waals surface area contributed by atoms with E-state index in [-0.39, 0.29) is 12.1 Å². The lowest BCUT2D eigenvalue weighted by Crippen LogP contribution is -2.33. The molecule has 0 bridgehead atoms. The highest BCUT2D eigenvalue weighted by Gasteiger charge is 2.33. The first-order chi connectivity index (χ1) is 9.63. The van der Waals surface area contributed by atoms with Gasteiger partial charge in [0.2, 0.25) is 0 Å². The van der Waals surface area contributed by atoms with Gasteiger partial charge in [-0.2, -0.15) is 0 Å². The van der Waals surface area contributed by atoms with Crippen molar-refractivity contribution in [2.24, 2.45) is 0 Å². The van der Waals surface area contributed by atoms with Gasteiger partial charge in [-0.3, -0.25) is 0 Å². The summed E-state index contributed by atoms with van der Waals surface area (Å²) in [4.78, 5) is 12.5. The number of ether oxygens (including phenoxy) is 1. The first-order valence-corrected chi connectivity index (χ1v) is 6.78. The van der Waals surface area contributed by atoms with Crippen molar-refractivity contribution in [2.75, 3.05) is 6.54 Å². The molecule has 0 radical (unpaired) electrons. The Hall–Kier alpha value is -2.23. The Kier molecular flexibility index (Phi) is 3.22. The Morgan fingerprint density at radius 3 is 2.70 bits per heavy atom. The summed E-state index contributed by atoms with van der Waals surface area (Å²) >= 11 is 0. The molecule has 1 amide bonds. The molecule has 0 aromatic heterocycles. The molecule has 1 aliphatic rings. The van der Waals surface area contributed by atoms with E-state index in [1.54, 1.807) is 0 Å². The van der Waals surface area contributed by atoms with Crippen molar-refractivity contribution >= 4 is 16.9 Å². The van der Waals surface area contributed by atoms with E-state index >= 15 is 0 Å². The molecule has 2 atom stereocenters. The van der Waals surface area contributed by atoms with E-state index in [2.05, 4.69) is 6.07 Å². The molecule has 1 fully saturated rings. The Balaban J connectivity index is 1.75. The van der Waals surface area contributed by atoms with Gasteiger partial charge < -0.3 is 14.7 Å². The van der Waals surface area contributed by atoms with Crippen LogP contribution in [0.5, 0.6) is 5.75 Å². The van der Waals surface area contributed by atoms with Crippen LogP contribution in [0.1, 0.15) is 13.3 Å². The first-order valence-electron chi connectivity index (χ1n) is 6.78. The third-order valence-corrected chi connectivity index (χ3v) is 3.81. The van der Waals surface area contributed by atoms with Gasteiger partial charge in [-0.15, -0.1) is 0 Å².